The molecule has 0 aromatic heterocycles. The van der Waals surface area contributed by atoms with Crippen molar-refractivity contribution in [2.75, 3.05) is 19.7 Å². The van der Waals surface area contributed by atoms with Crippen LogP contribution in [-0.2, 0) is 17.6 Å². The highest BCUT2D eigenvalue weighted by Crippen LogP contribution is 2.14. The third kappa shape index (κ3) is 11.5. The number of nitrogens with zero attached hydrogens (tertiary/aromatic N) is 1. The number of phenols is 1. The number of nitrogens with two attached hydrogens (primary N) is 1. The van der Waals surface area contributed by atoms with E-state index in [-0.39, 0.29) is 31.9 Å². The Morgan fingerprint density at radius 1 is 0.947 bits per heavy atom. The van der Waals surface area contributed by atoms with Gasteiger partial charge in [0.2, 0.25) is 0 Å². The minimum absolute atomic E-state index is 0.115. The van der Waals surface area contributed by atoms with Gasteiger partial charge in [0.25, 0.3) is 0 Å². The number of hydrogen-bond acceptors (Lipinski definition) is 7. The Kier molecular flexibility index (Phi) is 12.0. The molecular formula is C27H41N3O7Si. The quantitative estimate of drug-likeness (QED) is 0.196. The van der Waals surface area contributed by atoms with Crippen LogP contribution in [0.3, 0.4) is 0 Å². The van der Waals surface area contributed by atoms with Crippen molar-refractivity contribution in [2.45, 2.75) is 62.8 Å². The minimum Gasteiger partial charge on any atom is -0.508 e. The van der Waals surface area contributed by atoms with Gasteiger partial charge in [-0.15, -0.1) is 0 Å². The lowest BCUT2D eigenvalue weighted by atomic mass is 9.99. The van der Waals surface area contributed by atoms with Crippen LogP contribution in [0.2, 0.25) is 25.7 Å². The van der Waals surface area contributed by atoms with Crippen molar-refractivity contribution in [3.05, 3.63) is 65.7 Å². The fraction of sp³-hybridized carbons (Fsp3) is 0.481. The molecule has 2 aromatic rings. The third-order valence-electron chi connectivity index (χ3n) is 6.12. The highest BCUT2D eigenvalue weighted by atomic mass is 28.3. The van der Waals surface area contributed by atoms with Crippen molar-refractivity contribution in [2.24, 2.45) is 5.73 Å². The summed E-state index contributed by atoms with van der Waals surface area (Å²) < 4.78 is 5.47. The number of ether oxygens (including phenoxy) is 1. The summed E-state index contributed by atoms with van der Waals surface area (Å²) >= 11 is 0. The molecule has 7 N–H and O–H groups in total. The van der Waals surface area contributed by atoms with Crippen LogP contribution in [0, 0.1) is 0 Å². The number of phenolic OH excluding ortho intramolecular Hbond substituents is 1. The van der Waals surface area contributed by atoms with E-state index in [9.17, 15) is 30.0 Å². The van der Waals surface area contributed by atoms with Crippen molar-refractivity contribution in [3.8, 4) is 5.75 Å². The molecule has 2 rings (SSSR count). The zero-order valence-corrected chi connectivity index (χ0v) is 23.3. The molecule has 0 spiro atoms. The second-order valence-corrected chi connectivity index (χ2v) is 16.4. The van der Waals surface area contributed by atoms with Crippen LogP contribution in [0.5, 0.6) is 5.75 Å². The number of aromatic hydroxyl groups is 1. The highest BCUT2D eigenvalue weighted by molar-refractivity contribution is 6.76. The fourth-order valence-corrected chi connectivity index (χ4v) is 4.54. The summed E-state index contributed by atoms with van der Waals surface area (Å²) in [5.41, 5.74) is 7.82. The van der Waals surface area contributed by atoms with E-state index >= 15 is 0 Å². The zero-order valence-electron chi connectivity index (χ0n) is 22.3. The van der Waals surface area contributed by atoms with E-state index in [0.717, 1.165) is 17.2 Å². The Morgan fingerprint density at radius 3 is 2.11 bits per heavy atom. The average molecular weight is 548 g/mol. The van der Waals surface area contributed by atoms with Crippen molar-refractivity contribution >= 4 is 20.3 Å². The lowest BCUT2D eigenvalue weighted by Gasteiger charge is -2.32. The Balaban J connectivity index is 2.14. The first-order chi connectivity index (χ1) is 17.8. The molecule has 0 bridgehead atoms. The maximum atomic E-state index is 13.0. The first-order valence-electron chi connectivity index (χ1n) is 12.7. The second kappa shape index (κ2) is 14.7. The van der Waals surface area contributed by atoms with Crippen LogP contribution in [0.1, 0.15) is 11.1 Å². The number of rotatable bonds is 14. The molecule has 0 heterocycles. The molecule has 0 aliphatic heterocycles. The standard InChI is InChI=1S/C27H41N3O7Si/c1-38(2,3)14-13-37-27(36)30(17-24(32)22(28)15-20-9-11-21(31)12-10-20)18-25(33)23(29-26(34)35)16-19-7-5-4-6-8-19/h4-12,22-25,29,31-33H,13-18,28H2,1-3H3,(H,34,35)/t22-,23-,24?,25+/m0/s1. The number of aliphatic hydroxyl groups excluding tert-OH is 2. The topological polar surface area (TPSA) is 166 Å². The lowest BCUT2D eigenvalue weighted by Crippen LogP contribution is -2.53. The Labute approximate surface area is 225 Å². The van der Waals surface area contributed by atoms with Crippen LogP contribution in [-0.4, -0.2) is 89.6 Å². The third-order valence-corrected chi connectivity index (χ3v) is 7.83. The lowest BCUT2D eigenvalue weighted by molar-refractivity contribution is 0.0331. The maximum Gasteiger partial charge on any atom is 0.409 e. The van der Waals surface area contributed by atoms with Gasteiger partial charge in [0, 0.05) is 14.1 Å². The van der Waals surface area contributed by atoms with E-state index in [1.807, 2.05) is 30.3 Å². The summed E-state index contributed by atoms with van der Waals surface area (Å²) in [5, 5.41) is 43.0. The van der Waals surface area contributed by atoms with Gasteiger partial charge in [-0.05, 0) is 42.1 Å². The number of hydrogen-bond donors (Lipinski definition) is 6. The van der Waals surface area contributed by atoms with Gasteiger partial charge in [-0.2, -0.15) is 0 Å². The predicted octanol–water partition coefficient (Wildman–Crippen LogP) is 2.64. The molecule has 1 unspecified atom stereocenters. The number of nitrogens with one attached hydrogen (secondary N) is 1. The molecule has 0 fully saturated rings. The monoisotopic (exact) mass is 547 g/mol. The first kappa shape index (κ1) is 31.1. The van der Waals surface area contributed by atoms with E-state index in [1.165, 1.54) is 17.0 Å². The SMILES string of the molecule is C[Si](C)(C)CCOC(=O)N(CC(O)[C@@H](N)Cc1ccc(O)cc1)C[C@@H](O)[C@H](Cc1ccccc1)NC(=O)O. The number of amides is 2. The van der Waals surface area contributed by atoms with Crippen molar-refractivity contribution in [1.82, 2.24) is 10.2 Å². The van der Waals surface area contributed by atoms with E-state index < -0.39 is 44.6 Å². The second-order valence-electron chi connectivity index (χ2n) is 10.7. The van der Waals surface area contributed by atoms with Crippen LogP contribution in [0.25, 0.3) is 0 Å². The van der Waals surface area contributed by atoms with Gasteiger partial charge in [0.15, 0.2) is 0 Å². The Bertz CT molecular complexity index is 1000. The number of carbonyl (C=O) groups is 2. The molecule has 0 radical (unpaired) electrons. The smallest absolute Gasteiger partial charge is 0.409 e. The predicted molar refractivity (Wildman–Crippen MR) is 148 cm³/mol. The first-order valence-corrected chi connectivity index (χ1v) is 16.4. The summed E-state index contributed by atoms with van der Waals surface area (Å²) in [6.07, 6.45) is -3.95. The van der Waals surface area contributed by atoms with Gasteiger partial charge >= 0.3 is 12.2 Å². The van der Waals surface area contributed by atoms with Crippen molar-refractivity contribution in [3.63, 3.8) is 0 Å². The largest absolute Gasteiger partial charge is 0.508 e. The maximum absolute atomic E-state index is 13.0. The van der Waals surface area contributed by atoms with E-state index in [4.69, 9.17) is 10.5 Å². The van der Waals surface area contributed by atoms with Gasteiger partial charge in [0.05, 0.1) is 37.9 Å². The Morgan fingerprint density at radius 2 is 1.53 bits per heavy atom. The van der Waals surface area contributed by atoms with Gasteiger partial charge in [-0.3, -0.25) is 0 Å². The number of aliphatic hydroxyl groups is 2. The molecule has 2 aromatic carbocycles. The zero-order chi connectivity index (χ0) is 28.3. The fourth-order valence-electron chi connectivity index (χ4n) is 3.82. The van der Waals surface area contributed by atoms with Gasteiger partial charge in [-0.1, -0.05) is 62.1 Å². The summed E-state index contributed by atoms with van der Waals surface area (Å²) in [6, 6.07) is 14.6. The summed E-state index contributed by atoms with van der Waals surface area (Å²) in [6.45, 7) is 6.18. The summed E-state index contributed by atoms with van der Waals surface area (Å²) in [7, 11) is -1.48. The van der Waals surface area contributed by atoms with Crippen LogP contribution in [0.15, 0.2) is 54.6 Å². The molecular weight excluding hydrogens is 506 g/mol. The average Bonchev–Trinajstić information content (AvgIpc) is 2.84. The van der Waals surface area contributed by atoms with Crippen LogP contribution in [0.4, 0.5) is 9.59 Å². The number of carboxylic acid groups (broad SMARTS) is 1. The molecule has 38 heavy (non-hydrogen) atoms. The van der Waals surface area contributed by atoms with Crippen LogP contribution < -0.4 is 11.1 Å². The van der Waals surface area contributed by atoms with E-state index in [2.05, 4.69) is 25.0 Å². The van der Waals surface area contributed by atoms with E-state index in [1.54, 1.807) is 12.1 Å². The molecule has 0 aliphatic rings. The summed E-state index contributed by atoms with van der Waals surface area (Å²) in [5.74, 6) is 0.115. The van der Waals surface area contributed by atoms with Gasteiger partial charge in [0.1, 0.15) is 5.75 Å². The van der Waals surface area contributed by atoms with Crippen LogP contribution >= 0.6 is 0 Å². The van der Waals surface area contributed by atoms with Gasteiger partial charge < -0.3 is 41.1 Å². The Hall–Kier alpha value is -3.12. The molecule has 2 amide bonds. The molecule has 4 atom stereocenters. The summed E-state index contributed by atoms with van der Waals surface area (Å²) in [4.78, 5) is 25.6. The molecule has 0 saturated carbocycles. The molecule has 0 saturated heterocycles. The normalized spacial score (nSPS) is 14.7. The molecule has 210 valence electrons. The number of benzene rings is 2. The van der Waals surface area contributed by atoms with Gasteiger partial charge in [-0.25, -0.2) is 9.59 Å². The molecule has 0 aliphatic carbocycles. The van der Waals surface area contributed by atoms with Crippen molar-refractivity contribution < 1.29 is 34.8 Å². The minimum atomic E-state index is -1.48. The molecule has 11 heteroatoms. The van der Waals surface area contributed by atoms with Crippen molar-refractivity contribution in [1.29, 1.82) is 0 Å². The highest BCUT2D eigenvalue weighted by Gasteiger charge is 2.30. The molecule has 10 nitrogen and oxygen atoms in total. The number of carbonyl (C=O) groups excluding carboxylic acids is 1. The van der Waals surface area contributed by atoms with E-state index in [0.29, 0.717) is 6.42 Å².